The molecule has 0 spiro atoms. The Morgan fingerprint density at radius 3 is 2.14 bits per heavy atom. The summed E-state index contributed by atoms with van der Waals surface area (Å²) in [7, 11) is 0. The lowest BCUT2D eigenvalue weighted by atomic mass is 9.85. The van der Waals surface area contributed by atoms with Gasteiger partial charge < -0.3 is 19.8 Å². The van der Waals surface area contributed by atoms with Crippen molar-refractivity contribution in [2.75, 3.05) is 52.4 Å². The minimum atomic E-state index is 0.353. The zero-order valence-corrected chi connectivity index (χ0v) is 14.6. The number of piperidine rings is 1. The Hall–Kier alpha value is -0.160. The zero-order chi connectivity index (χ0) is 15.4. The average molecular weight is 313 g/mol. The van der Waals surface area contributed by atoms with Crippen molar-refractivity contribution in [3.8, 4) is 0 Å². The van der Waals surface area contributed by atoms with Crippen LogP contribution in [0.3, 0.4) is 0 Å². The second-order valence-corrected chi connectivity index (χ2v) is 8.28. The van der Waals surface area contributed by atoms with Crippen LogP contribution in [0.25, 0.3) is 0 Å². The van der Waals surface area contributed by atoms with Crippen molar-refractivity contribution in [1.29, 1.82) is 0 Å². The molecule has 4 heteroatoms. The van der Waals surface area contributed by atoms with Gasteiger partial charge in [0, 0.05) is 19.3 Å². The Morgan fingerprint density at radius 2 is 1.50 bits per heavy atom. The molecule has 0 aromatic carbocycles. The van der Waals surface area contributed by atoms with Crippen LogP contribution in [0.15, 0.2) is 0 Å². The largest absolute Gasteiger partial charge is 0.391 e. The van der Waals surface area contributed by atoms with Crippen LogP contribution >= 0.6 is 0 Å². The summed E-state index contributed by atoms with van der Waals surface area (Å²) in [5.74, 6) is 0.970. The third-order valence-corrected chi connectivity index (χ3v) is 6.78. The van der Waals surface area contributed by atoms with Gasteiger partial charge in [-0.25, -0.2) is 0 Å². The van der Waals surface area contributed by atoms with Gasteiger partial charge in [-0.2, -0.15) is 0 Å². The third kappa shape index (κ3) is 4.22. The van der Waals surface area contributed by atoms with E-state index in [0.29, 0.717) is 6.61 Å². The van der Waals surface area contributed by atoms with Crippen LogP contribution in [0.1, 0.15) is 45.4 Å². The van der Waals surface area contributed by atoms with E-state index in [1.165, 1.54) is 77.8 Å². The quantitative estimate of drug-likeness (QED) is 0.451. The first kappa shape index (κ1) is 16.7. The smallest absolute Gasteiger partial charge is 0.127 e. The highest BCUT2D eigenvalue weighted by Crippen LogP contribution is 2.22. The summed E-state index contributed by atoms with van der Waals surface area (Å²) in [6.45, 7) is 11.8. The highest BCUT2D eigenvalue weighted by molar-refractivity contribution is 4.71. The molecule has 3 rings (SSSR count). The van der Waals surface area contributed by atoms with Crippen LogP contribution in [-0.4, -0.2) is 69.6 Å². The summed E-state index contributed by atoms with van der Waals surface area (Å²) < 4.78 is 0. The third-order valence-electron chi connectivity index (χ3n) is 6.78. The first-order valence-corrected chi connectivity index (χ1v) is 9.90. The average Bonchev–Trinajstić information content (AvgIpc) is 2.56. The Morgan fingerprint density at radius 1 is 0.818 bits per heavy atom. The lowest BCUT2D eigenvalue weighted by Crippen LogP contribution is -3.30. The molecule has 2 heterocycles. The molecule has 0 aromatic heterocycles. The van der Waals surface area contributed by atoms with Gasteiger partial charge in [0.1, 0.15) is 32.7 Å². The molecule has 1 aliphatic carbocycles. The van der Waals surface area contributed by atoms with E-state index in [9.17, 15) is 0 Å². The van der Waals surface area contributed by atoms with Gasteiger partial charge in [0.2, 0.25) is 0 Å². The number of nitrogens with one attached hydrogen (secondary N) is 3. The predicted molar refractivity (Wildman–Crippen MR) is 88.5 cm³/mol. The summed E-state index contributed by atoms with van der Waals surface area (Å²) in [5, 5.41) is 9.07. The van der Waals surface area contributed by atoms with E-state index in [4.69, 9.17) is 5.11 Å². The molecular formula is C18H38N3O+3. The molecule has 4 nitrogen and oxygen atoms in total. The van der Waals surface area contributed by atoms with E-state index in [2.05, 4.69) is 6.92 Å². The molecule has 0 unspecified atom stereocenters. The van der Waals surface area contributed by atoms with Gasteiger partial charge in [-0.3, -0.25) is 0 Å². The molecule has 2 saturated heterocycles. The molecule has 0 aromatic rings. The van der Waals surface area contributed by atoms with Crippen molar-refractivity contribution in [2.24, 2.45) is 5.92 Å². The van der Waals surface area contributed by atoms with Crippen molar-refractivity contribution in [3.05, 3.63) is 0 Å². The Labute approximate surface area is 136 Å². The number of hydrogen-bond acceptors (Lipinski definition) is 1. The van der Waals surface area contributed by atoms with E-state index >= 15 is 0 Å². The van der Waals surface area contributed by atoms with Crippen LogP contribution < -0.4 is 14.7 Å². The first-order chi connectivity index (χ1) is 10.8. The van der Waals surface area contributed by atoms with Gasteiger partial charge in [0.25, 0.3) is 0 Å². The normalized spacial score (nSPS) is 43.9. The molecule has 0 radical (unpaired) electrons. The van der Waals surface area contributed by atoms with Crippen LogP contribution in [-0.2, 0) is 0 Å². The van der Waals surface area contributed by atoms with Crippen molar-refractivity contribution in [1.82, 2.24) is 0 Å². The summed E-state index contributed by atoms with van der Waals surface area (Å²) in [6.07, 6.45) is 8.81. The second kappa shape index (κ2) is 8.09. The zero-order valence-electron chi connectivity index (χ0n) is 14.6. The Balaban J connectivity index is 1.40. The number of rotatable bonds is 4. The highest BCUT2D eigenvalue weighted by atomic mass is 16.3. The SMILES string of the molecule is C[C@H]1CCC[C@@H]([NH+]2CCC([NH+]3CC[NH+](CCO)CC3)CC2)C1. The molecule has 128 valence electrons. The van der Waals surface area contributed by atoms with Gasteiger partial charge in [0.05, 0.1) is 31.8 Å². The highest BCUT2D eigenvalue weighted by Gasteiger charge is 2.36. The molecular weight excluding hydrogens is 274 g/mol. The Kier molecular flexibility index (Phi) is 6.14. The van der Waals surface area contributed by atoms with Gasteiger partial charge in [0.15, 0.2) is 0 Å². The Bertz CT molecular complexity index is 322. The summed E-state index contributed by atoms with van der Waals surface area (Å²) in [5.41, 5.74) is 0. The molecule has 3 aliphatic rings. The fourth-order valence-electron chi connectivity index (χ4n) is 5.35. The minimum Gasteiger partial charge on any atom is -0.391 e. The van der Waals surface area contributed by atoms with Crippen molar-refractivity contribution in [3.63, 3.8) is 0 Å². The van der Waals surface area contributed by atoms with E-state index in [1.807, 2.05) is 9.80 Å². The number of likely N-dealkylation sites (tertiary alicyclic amines) is 1. The fraction of sp³-hybridized carbons (Fsp3) is 1.00. The van der Waals surface area contributed by atoms with E-state index in [0.717, 1.165) is 24.5 Å². The molecule has 1 saturated carbocycles. The van der Waals surface area contributed by atoms with E-state index in [-0.39, 0.29) is 0 Å². The number of hydrogen-bond donors (Lipinski definition) is 4. The van der Waals surface area contributed by atoms with Crippen LogP contribution in [0, 0.1) is 5.92 Å². The number of aliphatic hydroxyl groups is 1. The molecule has 4 N–H and O–H groups in total. The van der Waals surface area contributed by atoms with Gasteiger partial charge in [-0.15, -0.1) is 0 Å². The van der Waals surface area contributed by atoms with Crippen molar-refractivity contribution >= 4 is 0 Å². The summed E-state index contributed by atoms with van der Waals surface area (Å²) in [4.78, 5) is 5.43. The van der Waals surface area contributed by atoms with Gasteiger partial charge in [-0.1, -0.05) is 13.3 Å². The lowest BCUT2D eigenvalue weighted by molar-refractivity contribution is -1.03. The van der Waals surface area contributed by atoms with Crippen LogP contribution in [0.2, 0.25) is 0 Å². The fourth-order valence-corrected chi connectivity index (χ4v) is 5.35. The topological polar surface area (TPSA) is 33.5 Å². The summed E-state index contributed by atoms with van der Waals surface area (Å²) in [6, 6.07) is 1.91. The van der Waals surface area contributed by atoms with Crippen molar-refractivity contribution in [2.45, 2.75) is 57.5 Å². The van der Waals surface area contributed by atoms with Crippen molar-refractivity contribution < 1.29 is 19.8 Å². The van der Waals surface area contributed by atoms with E-state index < -0.39 is 0 Å². The van der Waals surface area contributed by atoms with Crippen LogP contribution in [0.5, 0.6) is 0 Å². The molecule has 22 heavy (non-hydrogen) atoms. The standard InChI is InChI=1S/C18H35N3O/c1-16-3-2-4-18(15-16)20-7-5-17(6-8-20)21-11-9-19(10-12-21)13-14-22/h16-18,22H,2-15H2,1H3/p+3/t16-,18+/m0/s1. The molecule has 2 aliphatic heterocycles. The van der Waals surface area contributed by atoms with Gasteiger partial charge in [-0.05, 0) is 18.8 Å². The number of piperazine rings is 1. The van der Waals surface area contributed by atoms with Gasteiger partial charge >= 0.3 is 0 Å². The van der Waals surface area contributed by atoms with Crippen LogP contribution in [0.4, 0.5) is 0 Å². The first-order valence-electron chi connectivity index (χ1n) is 9.90. The maximum Gasteiger partial charge on any atom is 0.127 e. The molecule has 0 bridgehead atoms. The predicted octanol–water partition coefficient (Wildman–Crippen LogP) is -2.61. The second-order valence-electron chi connectivity index (χ2n) is 8.28. The number of aliphatic hydroxyl groups excluding tert-OH is 1. The molecule has 3 fully saturated rings. The minimum absolute atomic E-state index is 0.353. The maximum atomic E-state index is 9.07. The maximum absolute atomic E-state index is 9.07. The van der Waals surface area contributed by atoms with E-state index in [1.54, 1.807) is 4.90 Å². The lowest BCUT2D eigenvalue weighted by Gasteiger charge is -2.41. The molecule has 0 amide bonds. The molecule has 2 atom stereocenters. The summed E-state index contributed by atoms with van der Waals surface area (Å²) >= 11 is 0. The monoisotopic (exact) mass is 312 g/mol. The number of quaternary nitrogens is 3.